The molecular weight excluding hydrogens is 362 g/mol. The van der Waals surface area contributed by atoms with Crippen LogP contribution >= 0.6 is 0 Å². The Kier molecular flexibility index (Phi) is 5.69. The van der Waals surface area contributed by atoms with E-state index in [4.69, 9.17) is 9.47 Å². The van der Waals surface area contributed by atoms with Crippen LogP contribution < -0.4 is 9.75 Å². The Hall–Kier alpha value is -3.68. The van der Waals surface area contributed by atoms with Gasteiger partial charge in [0.2, 0.25) is 5.90 Å². The zero-order chi connectivity index (χ0) is 20.1. The molecule has 8 nitrogen and oxygen atoms in total. The van der Waals surface area contributed by atoms with Crippen molar-refractivity contribution in [1.29, 1.82) is 0 Å². The second-order valence-corrected chi connectivity index (χ2v) is 5.79. The van der Waals surface area contributed by atoms with Gasteiger partial charge in [-0.3, -0.25) is 14.9 Å². The maximum absolute atomic E-state index is 12.9. The van der Waals surface area contributed by atoms with Gasteiger partial charge in [-0.2, -0.15) is 5.01 Å². The minimum atomic E-state index is -0.498. The molecule has 0 saturated carbocycles. The molecule has 8 heteroatoms. The van der Waals surface area contributed by atoms with E-state index in [1.165, 1.54) is 29.3 Å². The van der Waals surface area contributed by atoms with Crippen molar-refractivity contribution < 1.29 is 19.2 Å². The molecule has 2 aromatic carbocycles. The fourth-order valence-corrected chi connectivity index (χ4v) is 2.65. The molecule has 1 heterocycles. The summed E-state index contributed by atoms with van der Waals surface area (Å²) in [6.07, 6.45) is 1.69. The van der Waals surface area contributed by atoms with Crippen molar-refractivity contribution in [2.75, 3.05) is 18.2 Å². The highest BCUT2D eigenvalue weighted by atomic mass is 16.6. The first kappa shape index (κ1) is 19.1. The van der Waals surface area contributed by atoms with Crippen LogP contribution in [-0.2, 0) is 9.53 Å². The molecule has 3 rings (SSSR count). The third kappa shape index (κ3) is 4.01. The number of hydrogen-bond donors (Lipinski definition) is 0. The first-order chi connectivity index (χ1) is 13.5. The Morgan fingerprint density at radius 1 is 1.04 bits per heavy atom. The van der Waals surface area contributed by atoms with Crippen molar-refractivity contribution in [1.82, 2.24) is 0 Å². The van der Waals surface area contributed by atoms with E-state index in [0.717, 1.165) is 11.3 Å². The average molecular weight is 381 g/mol. The van der Waals surface area contributed by atoms with Gasteiger partial charge < -0.3 is 9.47 Å². The van der Waals surface area contributed by atoms with Crippen LogP contribution in [0.2, 0.25) is 0 Å². The van der Waals surface area contributed by atoms with E-state index in [-0.39, 0.29) is 17.5 Å². The van der Waals surface area contributed by atoms with Crippen LogP contribution in [0.5, 0.6) is 5.75 Å². The minimum Gasteiger partial charge on any atom is -0.494 e. The van der Waals surface area contributed by atoms with Gasteiger partial charge in [0.15, 0.2) is 0 Å². The molecule has 1 amide bonds. The van der Waals surface area contributed by atoms with Crippen LogP contribution in [0.15, 0.2) is 59.2 Å². The van der Waals surface area contributed by atoms with Crippen molar-refractivity contribution in [2.24, 2.45) is 5.10 Å². The maximum Gasteiger partial charge on any atom is 0.284 e. The van der Waals surface area contributed by atoms with Crippen molar-refractivity contribution in [3.63, 3.8) is 0 Å². The summed E-state index contributed by atoms with van der Waals surface area (Å²) in [5, 5.41) is 16.2. The molecule has 0 N–H and O–H groups in total. The van der Waals surface area contributed by atoms with E-state index in [0.29, 0.717) is 24.5 Å². The average Bonchev–Trinajstić information content (AvgIpc) is 3.00. The van der Waals surface area contributed by atoms with Gasteiger partial charge in [-0.05, 0) is 49.8 Å². The number of nitro groups is 1. The van der Waals surface area contributed by atoms with Crippen LogP contribution in [0.25, 0.3) is 6.08 Å². The summed E-state index contributed by atoms with van der Waals surface area (Å²) in [6, 6.07) is 12.9. The molecule has 0 radical (unpaired) electrons. The highest BCUT2D eigenvalue weighted by molar-refractivity contribution is 6.30. The number of nitrogens with zero attached hydrogens (tertiary/aromatic N) is 3. The van der Waals surface area contributed by atoms with Gasteiger partial charge in [-0.1, -0.05) is 12.1 Å². The molecule has 0 saturated heterocycles. The van der Waals surface area contributed by atoms with E-state index < -0.39 is 4.92 Å². The maximum atomic E-state index is 12.9. The Labute approximate surface area is 161 Å². The Balaban J connectivity index is 1.90. The number of anilines is 1. The molecule has 144 valence electrons. The quantitative estimate of drug-likeness (QED) is 0.431. The molecule has 0 spiro atoms. The predicted octanol–water partition coefficient (Wildman–Crippen LogP) is 3.77. The summed E-state index contributed by atoms with van der Waals surface area (Å²) in [4.78, 5) is 23.2. The predicted molar refractivity (Wildman–Crippen MR) is 105 cm³/mol. The molecule has 0 atom stereocenters. The molecule has 0 unspecified atom stereocenters. The van der Waals surface area contributed by atoms with Gasteiger partial charge in [0.1, 0.15) is 11.3 Å². The highest BCUT2D eigenvalue weighted by Crippen LogP contribution is 2.27. The molecule has 0 fully saturated rings. The van der Waals surface area contributed by atoms with Crippen LogP contribution in [0.1, 0.15) is 19.4 Å². The summed E-state index contributed by atoms with van der Waals surface area (Å²) in [7, 11) is 0. The monoisotopic (exact) mass is 381 g/mol. The van der Waals surface area contributed by atoms with Gasteiger partial charge in [0.05, 0.1) is 23.8 Å². The Morgan fingerprint density at radius 3 is 2.25 bits per heavy atom. The topological polar surface area (TPSA) is 94.3 Å². The van der Waals surface area contributed by atoms with Crippen LogP contribution in [0.3, 0.4) is 0 Å². The third-order valence-electron chi connectivity index (χ3n) is 3.93. The van der Waals surface area contributed by atoms with Gasteiger partial charge in [-0.25, -0.2) is 0 Å². The van der Waals surface area contributed by atoms with E-state index >= 15 is 0 Å². The lowest BCUT2D eigenvalue weighted by molar-refractivity contribution is -0.384. The number of benzene rings is 2. The summed E-state index contributed by atoms with van der Waals surface area (Å²) >= 11 is 0. The fourth-order valence-electron chi connectivity index (χ4n) is 2.65. The number of carbonyl (C=O) groups is 1. The van der Waals surface area contributed by atoms with Gasteiger partial charge in [-0.15, -0.1) is 5.10 Å². The van der Waals surface area contributed by atoms with E-state index in [9.17, 15) is 14.9 Å². The Morgan fingerprint density at radius 2 is 1.68 bits per heavy atom. The molecule has 0 aliphatic carbocycles. The van der Waals surface area contributed by atoms with Crippen LogP contribution in [-0.4, -0.2) is 29.9 Å². The normalized spacial score (nSPS) is 14.9. The molecule has 0 bridgehead atoms. The zero-order valence-corrected chi connectivity index (χ0v) is 15.5. The van der Waals surface area contributed by atoms with Crippen LogP contribution in [0, 0.1) is 10.1 Å². The lowest BCUT2D eigenvalue weighted by Gasteiger charge is -2.10. The van der Waals surface area contributed by atoms with Crippen molar-refractivity contribution in [3.05, 3.63) is 69.8 Å². The van der Waals surface area contributed by atoms with Gasteiger partial charge in [0.25, 0.3) is 11.6 Å². The molecule has 2 aromatic rings. The number of hydrogen-bond acceptors (Lipinski definition) is 6. The third-order valence-corrected chi connectivity index (χ3v) is 3.93. The first-order valence-electron chi connectivity index (χ1n) is 8.78. The molecular formula is C20H19N3O5. The van der Waals surface area contributed by atoms with Gasteiger partial charge >= 0.3 is 0 Å². The van der Waals surface area contributed by atoms with E-state index in [1.54, 1.807) is 13.0 Å². The summed E-state index contributed by atoms with van der Waals surface area (Å²) in [6.45, 7) is 4.63. The van der Waals surface area contributed by atoms with Crippen molar-refractivity contribution >= 4 is 29.3 Å². The summed E-state index contributed by atoms with van der Waals surface area (Å²) in [5.41, 5.74) is 1.46. The SMILES string of the molecule is CCOC1=NN(c2ccc([N+](=O)[O-])cc2)C(=O)/C1=C\c1ccc(OCC)cc1. The number of amides is 1. The minimum absolute atomic E-state index is 0.0606. The Bertz CT molecular complexity index is 933. The smallest absolute Gasteiger partial charge is 0.284 e. The second kappa shape index (κ2) is 8.34. The molecule has 0 aromatic heterocycles. The van der Waals surface area contributed by atoms with Gasteiger partial charge in [0, 0.05) is 12.1 Å². The number of rotatable bonds is 6. The number of ether oxygens (including phenoxy) is 2. The highest BCUT2D eigenvalue weighted by Gasteiger charge is 2.32. The fraction of sp³-hybridized carbons (Fsp3) is 0.200. The largest absolute Gasteiger partial charge is 0.494 e. The number of non-ortho nitro benzene ring substituents is 1. The zero-order valence-electron chi connectivity index (χ0n) is 15.5. The number of carbonyl (C=O) groups excluding carboxylic acids is 1. The van der Waals surface area contributed by atoms with E-state index in [1.807, 2.05) is 31.2 Å². The standard InChI is InChI=1S/C20H19N3O5/c1-3-27-17-11-5-14(6-12-17)13-18-19(28-4-2)21-22(20(18)24)15-7-9-16(10-8-15)23(25)26/h5-13H,3-4H2,1-2H3/b18-13-. The number of nitro benzene ring substituents is 1. The van der Waals surface area contributed by atoms with Crippen molar-refractivity contribution in [2.45, 2.75) is 13.8 Å². The first-order valence-corrected chi connectivity index (χ1v) is 8.78. The lowest BCUT2D eigenvalue weighted by Crippen LogP contribution is -2.21. The summed E-state index contributed by atoms with van der Waals surface area (Å²) < 4.78 is 10.9. The summed E-state index contributed by atoms with van der Waals surface area (Å²) in [5.74, 6) is 0.583. The molecule has 1 aliphatic rings. The van der Waals surface area contributed by atoms with Crippen LogP contribution in [0.4, 0.5) is 11.4 Å². The second-order valence-electron chi connectivity index (χ2n) is 5.79. The van der Waals surface area contributed by atoms with Crippen molar-refractivity contribution in [3.8, 4) is 5.75 Å². The number of hydrazone groups is 1. The molecule has 1 aliphatic heterocycles. The lowest BCUT2D eigenvalue weighted by atomic mass is 10.1. The molecule has 28 heavy (non-hydrogen) atoms. The van der Waals surface area contributed by atoms with E-state index in [2.05, 4.69) is 5.10 Å².